The fraction of sp³-hybridized carbons (Fsp3) is 0.273. The molecule has 0 saturated heterocycles. The van der Waals surface area contributed by atoms with Crippen LogP contribution in [0.15, 0.2) is 34.6 Å². The highest BCUT2D eigenvalue weighted by molar-refractivity contribution is 7.71. The molecule has 1 unspecified atom stereocenters. The van der Waals surface area contributed by atoms with Crippen molar-refractivity contribution in [1.82, 2.24) is 9.55 Å². The van der Waals surface area contributed by atoms with Crippen molar-refractivity contribution in [2.24, 2.45) is 0 Å². The van der Waals surface area contributed by atoms with E-state index in [1.807, 2.05) is 10.6 Å². The SMILES string of the molecule is CC(Cc1cccs1)n1ccc(=O)[nH]c1=S. The van der Waals surface area contributed by atoms with Crippen molar-refractivity contribution < 1.29 is 0 Å². The molecule has 0 bridgehead atoms. The first-order valence-corrected chi connectivity index (χ1v) is 6.29. The molecule has 1 atom stereocenters. The van der Waals surface area contributed by atoms with Gasteiger partial charge in [-0.1, -0.05) is 6.07 Å². The summed E-state index contributed by atoms with van der Waals surface area (Å²) in [4.78, 5) is 15.0. The van der Waals surface area contributed by atoms with E-state index in [1.165, 1.54) is 10.9 Å². The van der Waals surface area contributed by atoms with Gasteiger partial charge in [0.1, 0.15) is 0 Å². The fourth-order valence-electron chi connectivity index (χ4n) is 1.59. The number of hydrogen-bond donors (Lipinski definition) is 1. The Labute approximate surface area is 102 Å². The molecule has 2 heterocycles. The van der Waals surface area contributed by atoms with Gasteiger partial charge in [-0.2, -0.15) is 0 Å². The van der Waals surface area contributed by atoms with Crippen molar-refractivity contribution >= 4 is 23.6 Å². The second kappa shape index (κ2) is 4.76. The Morgan fingerprint density at radius 2 is 2.38 bits per heavy atom. The lowest BCUT2D eigenvalue weighted by Gasteiger charge is -2.14. The fourth-order valence-corrected chi connectivity index (χ4v) is 2.76. The predicted octanol–water partition coefficient (Wildman–Crippen LogP) is 2.77. The summed E-state index contributed by atoms with van der Waals surface area (Å²) in [6, 6.07) is 5.90. The lowest BCUT2D eigenvalue weighted by atomic mass is 10.2. The van der Waals surface area contributed by atoms with Crippen LogP contribution >= 0.6 is 23.6 Å². The number of hydrogen-bond acceptors (Lipinski definition) is 3. The molecule has 0 amide bonds. The van der Waals surface area contributed by atoms with E-state index in [4.69, 9.17) is 12.2 Å². The maximum atomic E-state index is 11.0. The molecule has 5 heteroatoms. The highest BCUT2D eigenvalue weighted by Gasteiger charge is 2.06. The van der Waals surface area contributed by atoms with Crippen LogP contribution in [0.5, 0.6) is 0 Å². The summed E-state index contributed by atoms with van der Waals surface area (Å²) >= 11 is 6.86. The summed E-state index contributed by atoms with van der Waals surface area (Å²) in [5.74, 6) is 0. The average molecular weight is 252 g/mol. The zero-order chi connectivity index (χ0) is 11.5. The first kappa shape index (κ1) is 11.3. The molecule has 16 heavy (non-hydrogen) atoms. The largest absolute Gasteiger partial charge is 0.322 e. The Morgan fingerprint density at radius 3 is 3.00 bits per heavy atom. The molecule has 2 aromatic rings. The van der Waals surface area contributed by atoms with E-state index in [-0.39, 0.29) is 11.6 Å². The molecule has 0 aliphatic rings. The van der Waals surface area contributed by atoms with Crippen molar-refractivity contribution in [3.63, 3.8) is 0 Å². The number of rotatable bonds is 3. The van der Waals surface area contributed by atoms with Gasteiger partial charge in [0.25, 0.3) is 5.56 Å². The molecule has 2 rings (SSSR count). The van der Waals surface area contributed by atoms with E-state index < -0.39 is 0 Å². The summed E-state index contributed by atoms with van der Waals surface area (Å²) in [7, 11) is 0. The van der Waals surface area contributed by atoms with Crippen LogP contribution in [0.1, 0.15) is 17.8 Å². The number of nitrogens with one attached hydrogen (secondary N) is 1. The van der Waals surface area contributed by atoms with Crippen LogP contribution in [-0.2, 0) is 6.42 Å². The smallest absolute Gasteiger partial charge is 0.251 e. The Morgan fingerprint density at radius 1 is 1.56 bits per heavy atom. The predicted molar refractivity (Wildman–Crippen MR) is 68.6 cm³/mol. The molecule has 2 aromatic heterocycles. The van der Waals surface area contributed by atoms with Gasteiger partial charge < -0.3 is 4.57 Å². The first-order valence-electron chi connectivity index (χ1n) is 5.00. The Hall–Kier alpha value is -1.20. The molecule has 0 aliphatic heterocycles. The molecule has 0 radical (unpaired) electrons. The summed E-state index contributed by atoms with van der Waals surface area (Å²) < 4.78 is 2.40. The van der Waals surface area contributed by atoms with Crippen LogP contribution in [0.4, 0.5) is 0 Å². The number of thiophene rings is 1. The van der Waals surface area contributed by atoms with E-state index in [9.17, 15) is 4.79 Å². The van der Waals surface area contributed by atoms with Gasteiger partial charge >= 0.3 is 0 Å². The van der Waals surface area contributed by atoms with Gasteiger partial charge in [-0.3, -0.25) is 9.78 Å². The lowest BCUT2D eigenvalue weighted by molar-refractivity contribution is 0.528. The van der Waals surface area contributed by atoms with Crippen LogP contribution in [0.25, 0.3) is 0 Å². The second-order valence-corrected chi connectivity index (χ2v) is 5.07. The molecule has 0 saturated carbocycles. The van der Waals surface area contributed by atoms with Gasteiger partial charge in [0, 0.05) is 29.6 Å². The maximum absolute atomic E-state index is 11.0. The molecule has 0 fully saturated rings. The van der Waals surface area contributed by atoms with E-state index in [0.717, 1.165) is 6.42 Å². The summed E-state index contributed by atoms with van der Waals surface area (Å²) in [5.41, 5.74) is -0.149. The monoisotopic (exact) mass is 252 g/mol. The van der Waals surface area contributed by atoms with Crippen molar-refractivity contribution in [3.05, 3.63) is 49.8 Å². The molecule has 84 valence electrons. The van der Waals surface area contributed by atoms with Gasteiger partial charge in [0.15, 0.2) is 4.77 Å². The highest BCUT2D eigenvalue weighted by atomic mass is 32.1. The van der Waals surface area contributed by atoms with Gasteiger partial charge in [0.05, 0.1) is 0 Å². The molecule has 0 spiro atoms. The second-order valence-electron chi connectivity index (χ2n) is 3.65. The van der Waals surface area contributed by atoms with Crippen LogP contribution in [0, 0.1) is 4.77 Å². The van der Waals surface area contributed by atoms with E-state index in [1.54, 1.807) is 17.5 Å². The van der Waals surface area contributed by atoms with E-state index >= 15 is 0 Å². The number of H-pyrrole nitrogens is 1. The topological polar surface area (TPSA) is 37.8 Å². The number of aromatic nitrogens is 2. The third-order valence-corrected chi connectivity index (χ3v) is 3.61. The first-order chi connectivity index (χ1) is 7.66. The van der Waals surface area contributed by atoms with Crippen molar-refractivity contribution in [3.8, 4) is 0 Å². The summed E-state index contributed by atoms with van der Waals surface area (Å²) in [5, 5.41) is 2.06. The van der Waals surface area contributed by atoms with Gasteiger partial charge in [-0.15, -0.1) is 11.3 Å². The van der Waals surface area contributed by atoms with E-state index in [2.05, 4.69) is 23.4 Å². The van der Waals surface area contributed by atoms with Crippen molar-refractivity contribution in [1.29, 1.82) is 0 Å². The molecule has 3 nitrogen and oxygen atoms in total. The molecule has 0 aromatic carbocycles. The Kier molecular flexibility index (Phi) is 3.36. The summed E-state index contributed by atoms with van der Waals surface area (Å²) in [6.07, 6.45) is 2.68. The van der Waals surface area contributed by atoms with Gasteiger partial charge in [-0.05, 0) is 30.6 Å². The van der Waals surface area contributed by atoms with Gasteiger partial charge in [-0.25, -0.2) is 0 Å². The maximum Gasteiger partial charge on any atom is 0.251 e. The molecule has 0 aliphatic carbocycles. The highest BCUT2D eigenvalue weighted by Crippen LogP contribution is 2.17. The minimum absolute atomic E-state index is 0.149. The van der Waals surface area contributed by atoms with Crippen molar-refractivity contribution in [2.75, 3.05) is 0 Å². The molecular weight excluding hydrogens is 240 g/mol. The normalized spacial score (nSPS) is 12.6. The molecule has 1 N–H and O–H groups in total. The van der Waals surface area contributed by atoms with Crippen LogP contribution in [0.3, 0.4) is 0 Å². The Bertz CT molecular complexity index is 568. The van der Waals surface area contributed by atoms with E-state index in [0.29, 0.717) is 4.77 Å². The summed E-state index contributed by atoms with van der Waals surface area (Å²) in [6.45, 7) is 2.09. The Balaban J connectivity index is 2.24. The van der Waals surface area contributed by atoms with Crippen molar-refractivity contribution in [2.45, 2.75) is 19.4 Å². The minimum Gasteiger partial charge on any atom is -0.322 e. The van der Waals surface area contributed by atoms with Crippen LogP contribution in [-0.4, -0.2) is 9.55 Å². The zero-order valence-electron chi connectivity index (χ0n) is 8.84. The zero-order valence-corrected chi connectivity index (χ0v) is 10.5. The quantitative estimate of drug-likeness (QED) is 0.853. The lowest BCUT2D eigenvalue weighted by Crippen LogP contribution is -2.15. The number of nitrogens with zero attached hydrogens (tertiary/aromatic N) is 1. The molecular formula is C11H12N2OS2. The minimum atomic E-state index is -0.149. The number of aromatic amines is 1. The van der Waals surface area contributed by atoms with Crippen LogP contribution in [0.2, 0.25) is 0 Å². The third-order valence-electron chi connectivity index (χ3n) is 2.40. The standard InChI is InChI=1S/C11H12N2OS2/c1-8(7-9-3-2-6-16-9)13-5-4-10(14)12-11(13)15/h2-6,8H,7H2,1H3,(H,12,14,15). The average Bonchev–Trinajstić information content (AvgIpc) is 2.70. The van der Waals surface area contributed by atoms with Gasteiger partial charge in [0.2, 0.25) is 0 Å². The third kappa shape index (κ3) is 2.48. The van der Waals surface area contributed by atoms with Crippen LogP contribution < -0.4 is 5.56 Å².